The quantitative estimate of drug-likeness (QED) is 0.839. The molecular formula is C12H9BrN2OS. The predicted molar refractivity (Wildman–Crippen MR) is 69.0 cm³/mol. The van der Waals surface area contributed by atoms with Crippen molar-refractivity contribution in [1.29, 1.82) is 5.26 Å². The normalized spacial score (nSPS) is 10.2. The van der Waals surface area contributed by atoms with E-state index in [1.807, 2.05) is 26.0 Å². The zero-order chi connectivity index (χ0) is 12.4. The number of nitrogens with zero attached hydrogens (tertiary/aromatic N) is 2. The molecule has 0 aliphatic heterocycles. The van der Waals surface area contributed by atoms with Crippen molar-refractivity contribution in [2.45, 2.75) is 24.0 Å². The highest BCUT2D eigenvalue weighted by Crippen LogP contribution is 2.32. The van der Waals surface area contributed by atoms with Crippen LogP contribution in [0.3, 0.4) is 0 Å². The van der Waals surface area contributed by atoms with Gasteiger partial charge in [-0.1, -0.05) is 15.9 Å². The molecule has 0 amide bonds. The maximum atomic E-state index is 9.02. The Balaban J connectivity index is 2.35. The molecule has 0 saturated carbocycles. The molecule has 1 aromatic carbocycles. The van der Waals surface area contributed by atoms with Crippen LogP contribution in [0.4, 0.5) is 0 Å². The molecule has 86 valence electrons. The number of oxazole rings is 1. The minimum absolute atomic E-state index is 0.564. The van der Waals surface area contributed by atoms with E-state index in [4.69, 9.17) is 9.68 Å². The smallest absolute Gasteiger partial charge is 0.261 e. The lowest BCUT2D eigenvalue weighted by Gasteiger charge is -2.00. The van der Waals surface area contributed by atoms with E-state index in [-0.39, 0.29) is 0 Å². The summed E-state index contributed by atoms with van der Waals surface area (Å²) in [6, 6.07) is 7.66. The van der Waals surface area contributed by atoms with Crippen molar-refractivity contribution in [3.8, 4) is 6.07 Å². The molecule has 0 radical (unpaired) electrons. The summed E-state index contributed by atoms with van der Waals surface area (Å²) in [4.78, 5) is 5.12. The van der Waals surface area contributed by atoms with Gasteiger partial charge in [0.2, 0.25) is 0 Å². The molecule has 5 heteroatoms. The first-order valence-corrected chi connectivity index (χ1v) is 6.52. The Morgan fingerprint density at radius 3 is 2.76 bits per heavy atom. The molecule has 2 rings (SSSR count). The fraction of sp³-hybridized carbons (Fsp3) is 0.167. The van der Waals surface area contributed by atoms with Crippen LogP contribution in [0.25, 0.3) is 0 Å². The van der Waals surface area contributed by atoms with E-state index in [0.717, 1.165) is 20.8 Å². The van der Waals surface area contributed by atoms with Gasteiger partial charge in [0.05, 0.1) is 11.3 Å². The fourth-order valence-corrected chi connectivity index (χ4v) is 2.71. The molecule has 0 aliphatic rings. The minimum Gasteiger partial charge on any atom is -0.436 e. The second-order valence-electron chi connectivity index (χ2n) is 3.48. The van der Waals surface area contributed by atoms with E-state index in [2.05, 4.69) is 27.0 Å². The third-order valence-electron chi connectivity index (χ3n) is 2.27. The summed E-state index contributed by atoms with van der Waals surface area (Å²) in [6.45, 7) is 3.77. The summed E-state index contributed by atoms with van der Waals surface area (Å²) in [5.74, 6) is 0.806. The van der Waals surface area contributed by atoms with Crippen LogP contribution in [0.5, 0.6) is 0 Å². The van der Waals surface area contributed by atoms with Crippen LogP contribution in [0.1, 0.15) is 17.0 Å². The number of aryl methyl sites for hydroxylation is 2. The number of nitriles is 1. The average Bonchev–Trinajstić information content (AvgIpc) is 2.58. The minimum atomic E-state index is 0.564. The van der Waals surface area contributed by atoms with Crippen LogP contribution >= 0.6 is 27.7 Å². The summed E-state index contributed by atoms with van der Waals surface area (Å²) in [6.07, 6.45) is 0. The van der Waals surface area contributed by atoms with Crippen molar-refractivity contribution < 1.29 is 4.42 Å². The lowest BCUT2D eigenvalue weighted by atomic mass is 10.2. The van der Waals surface area contributed by atoms with Crippen LogP contribution < -0.4 is 0 Å². The molecule has 0 unspecified atom stereocenters. The Bertz CT molecular complexity index is 582. The van der Waals surface area contributed by atoms with Crippen molar-refractivity contribution in [2.75, 3.05) is 0 Å². The highest BCUT2D eigenvalue weighted by Gasteiger charge is 2.11. The number of hydrogen-bond acceptors (Lipinski definition) is 4. The largest absolute Gasteiger partial charge is 0.436 e. The van der Waals surface area contributed by atoms with Gasteiger partial charge in [0.1, 0.15) is 11.8 Å². The molecule has 0 spiro atoms. The van der Waals surface area contributed by atoms with Crippen LogP contribution in [0.2, 0.25) is 0 Å². The van der Waals surface area contributed by atoms with Crippen LogP contribution in [-0.2, 0) is 0 Å². The average molecular weight is 309 g/mol. The highest BCUT2D eigenvalue weighted by molar-refractivity contribution is 9.10. The maximum absolute atomic E-state index is 9.02. The molecule has 3 nitrogen and oxygen atoms in total. The van der Waals surface area contributed by atoms with Gasteiger partial charge in [-0.25, -0.2) is 4.98 Å². The second-order valence-corrected chi connectivity index (χ2v) is 5.38. The molecule has 2 aromatic rings. The third kappa shape index (κ3) is 2.71. The number of aromatic nitrogens is 1. The summed E-state index contributed by atoms with van der Waals surface area (Å²) in [5.41, 5.74) is 1.49. The predicted octanol–water partition coefficient (Wildman–Crippen LogP) is 4.08. The Hall–Kier alpha value is -1.25. The van der Waals surface area contributed by atoms with Crippen molar-refractivity contribution in [3.05, 3.63) is 39.7 Å². The summed E-state index contributed by atoms with van der Waals surface area (Å²) < 4.78 is 6.41. The fourth-order valence-electron chi connectivity index (χ4n) is 1.25. The standard InChI is InChI=1S/C12H9BrN2OS/c1-7-8(2)16-12(15-7)17-11-5-10(13)4-3-9(11)6-14/h3-5H,1-2H3. The summed E-state index contributed by atoms with van der Waals surface area (Å²) in [7, 11) is 0. The van der Waals surface area contributed by atoms with Gasteiger partial charge in [-0.2, -0.15) is 5.26 Å². The van der Waals surface area contributed by atoms with Gasteiger partial charge >= 0.3 is 0 Å². The molecule has 0 aliphatic carbocycles. The van der Waals surface area contributed by atoms with E-state index in [9.17, 15) is 0 Å². The van der Waals surface area contributed by atoms with Crippen LogP contribution in [0.15, 0.2) is 37.2 Å². The lowest BCUT2D eigenvalue weighted by Crippen LogP contribution is -1.81. The second kappa shape index (κ2) is 4.94. The van der Waals surface area contributed by atoms with Gasteiger partial charge < -0.3 is 4.42 Å². The van der Waals surface area contributed by atoms with E-state index in [1.165, 1.54) is 11.8 Å². The van der Waals surface area contributed by atoms with Gasteiger partial charge in [0, 0.05) is 9.37 Å². The first-order chi connectivity index (χ1) is 8.10. The molecule has 0 saturated heterocycles. The Labute approximate surface area is 112 Å². The molecule has 0 atom stereocenters. The molecule has 0 bridgehead atoms. The number of benzene rings is 1. The van der Waals surface area contributed by atoms with Crippen molar-refractivity contribution in [2.24, 2.45) is 0 Å². The molecule has 0 fully saturated rings. The molecule has 0 N–H and O–H groups in total. The molecule has 1 heterocycles. The van der Waals surface area contributed by atoms with E-state index in [1.54, 1.807) is 6.07 Å². The molecular weight excluding hydrogens is 300 g/mol. The SMILES string of the molecule is Cc1nc(Sc2cc(Br)ccc2C#N)oc1C. The highest BCUT2D eigenvalue weighted by atomic mass is 79.9. The Kier molecular flexibility index (Phi) is 3.55. The van der Waals surface area contributed by atoms with Gasteiger partial charge in [-0.3, -0.25) is 0 Å². The van der Waals surface area contributed by atoms with E-state index in [0.29, 0.717) is 10.8 Å². The van der Waals surface area contributed by atoms with Gasteiger partial charge in [-0.15, -0.1) is 0 Å². The topological polar surface area (TPSA) is 49.8 Å². The zero-order valence-corrected chi connectivity index (χ0v) is 11.7. The van der Waals surface area contributed by atoms with Crippen molar-refractivity contribution in [3.63, 3.8) is 0 Å². The third-order valence-corrected chi connectivity index (χ3v) is 3.67. The Morgan fingerprint density at radius 2 is 2.18 bits per heavy atom. The van der Waals surface area contributed by atoms with Gasteiger partial charge in [-0.05, 0) is 43.8 Å². The monoisotopic (exact) mass is 308 g/mol. The maximum Gasteiger partial charge on any atom is 0.261 e. The first kappa shape index (κ1) is 12.2. The van der Waals surface area contributed by atoms with Crippen LogP contribution in [-0.4, -0.2) is 4.98 Å². The van der Waals surface area contributed by atoms with E-state index >= 15 is 0 Å². The zero-order valence-electron chi connectivity index (χ0n) is 9.32. The first-order valence-electron chi connectivity index (χ1n) is 4.91. The van der Waals surface area contributed by atoms with Crippen molar-refractivity contribution in [1.82, 2.24) is 4.98 Å². The Morgan fingerprint density at radius 1 is 1.41 bits per heavy atom. The van der Waals surface area contributed by atoms with Crippen LogP contribution in [0, 0.1) is 25.2 Å². The molecule has 1 aromatic heterocycles. The number of hydrogen-bond donors (Lipinski definition) is 0. The number of halogens is 1. The van der Waals surface area contributed by atoms with Crippen molar-refractivity contribution >= 4 is 27.7 Å². The lowest BCUT2D eigenvalue weighted by molar-refractivity contribution is 0.431. The number of rotatable bonds is 2. The van der Waals surface area contributed by atoms with Gasteiger partial charge in [0.15, 0.2) is 0 Å². The summed E-state index contributed by atoms with van der Waals surface area (Å²) >= 11 is 4.74. The molecule has 17 heavy (non-hydrogen) atoms. The van der Waals surface area contributed by atoms with Gasteiger partial charge in [0.25, 0.3) is 5.22 Å². The summed E-state index contributed by atoms with van der Waals surface area (Å²) in [5, 5.41) is 9.58. The van der Waals surface area contributed by atoms with E-state index < -0.39 is 0 Å².